The van der Waals surface area contributed by atoms with Crippen molar-refractivity contribution < 1.29 is 27.9 Å². The molecule has 6 nitrogen and oxygen atoms in total. The number of carboxylic acid groups (broad SMARTS) is 1. The van der Waals surface area contributed by atoms with E-state index in [4.69, 9.17) is 0 Å². The molecule has 0 saturated heterocycles. The molecule has 5 rings (SSSR count). The molecule has 2 aliphatic rings. The smallest absolute Gasteiger partial charge is 0.309 e. The Morgan fingerprint density at radius 1 is 1.14 bits per heavy atom. The molecule has 0 spiro atoms. The predicted molar refractivity (Wildman–Crippen MR) is 127 cm³/mol. The van der Waals surface area contributed by atoms with Crippen LogP contribution < -0.4 is 0 Å². The van der Waals surface area contributed by atoms with Crippen LogP contribution in [0.2, 0.25) is 0 Å². The zero-order chi connectivity index (χ0) is 25.6. The second-order valence-electron chi connectivity index (χ2n) is 10.3. The number of carbonyl (C=O) groups excluding carboxylic acids is 1. The van der Waals surface area contributed by atoms with Crippen LogP contribution >= 0.6 is 0 Å². The van der Waals surface area contributed by atoms with E-state index in [1.165, 1.54) is 0 Å². The molecular weight excluding hydrogens is 471 g/mol. The van der Waals surface area contributed by atoms with Gasteiger partial charge >= 0.3 is 5.97 Å². The monoisotopic (exact) mass is 499 g/mol. The van der Waals surface area contributed by atoms with Gasteiger partial charge in [-0.1, -0.05) is 0 Å². The van der Waals surface area contributed by atoms with Gasteiger partial charge in [-0.05, 0) is 68.7 Å². The summed E-state index contributed by atoms with van der Waals surface area (Å²) in [4.78, 5) is 31.0. The highest BCUT2D eigenvalue weighted by molar-refractivity contribution is 5.84. The van der Waals surface area contributed by atoms with E-state index in [9.17, 15) is 27.9 Å². The summed E-state index contributed by atoms with van der Waals surface area (Å²) in [6.07, 6.45) is 5.12. The first-order chi connectivity index (χ1) is 17.2. The van der Waals surface area contributed by atoms with Crippen molar-refractivity contribution in [2.24, 2.45) is 11.3 Å². The Morgan fingerprint density at radius 3 is 2.58 bits per heavy atom. The molecule has 3 heterocycles. The second-order valence-corrected chi connectivity index (χ2v) is 10.3. The van der Waals surface area contributed by atoms with Gasteiger partial charge in [0.25, 0.3) is 0 Å². The fourth-order valence-electron chi connectivity index (χ4n) is 5.61. The molecule has 1 aliphatic carbocycles. The van der Waals surface area contributed by atoms with Crippen LogP contribution in [0.1, 0.15) is 55.8 Å². The van der Waals surface area contributed by atoms with Gasteiger partial charge in [-0.3, -0.25) is 9.59 Å². The summed E-state index contributed by atoms with van der Waals surface area (Å²) in [5.74, 6) is -3.82. The highest BCUT2D eigenvalue weighted by Crippen LogP contribution is 2.40. The Kier molecular flexibility index (Phi) is 6.26. The third-order valence-electron chi connectivity index (χ3n) is 7.97. The summed E-state index contributed by atoms with van der Waals surface area (Å²) in [5.41, 5.74) is 1.74. The number of aliphatic carboxylic acids is 1. The van der Waals surface area contributed by atoms with Gasteiger partial charge in [0.15, 0.2) is 11.6 Å². The lowest BCUT2D eigenvalue weighted by molar-refractivity contribution is -0.150. The number of rotatable bonds is 5. The molecule has 36 heavy (non-hydrogen) atoms. The highest BCUT2D eigenvalue weighted by atomic mass is 19.2. The quantitative estimate of drug-likeness (QED) is 0.498. The first kappa shape index (κ1) is 24.3. The molecule has 0 unspecified atom stereocenters. The molecule has 3 aromatic rings. The first-order valence-corrected chi connectivity index (χ1v) is 12.3. The summed E-state index contributed by atoms with van der Waals surface area (Å²) in [6, 6.07) is 5.16. The number of halogens is 3. The Balaban J connectivity index is 1.38. The maximum absolute atomic E-state index is 14.5. The molecule has 0 bridgehead atoms. The number of fused-ring (bicyclic) bond motifs is 3. The lowest BCUT2D eigenvalue weighted by atomic mass is 9.71. The van der Waals surface area contributed by atoms with Gasteiger partial charge in [-0.2, -0.15) is 0 Å². The average molecular weight is 500 g/mol. The van der Waals surface area contributed by atoms with Crippen molar-refractivity contribution in [3.05, 3.63) is 64.7 Å². The number of hydrogen-bond acceptors (Lipinski definition) is 3. The molecule has 9 heteroatoms. The molecule has 0 radical (unpaired) electrons. The molecule has 190 valence electrons. The number of carbonyl (C=O) groups is 2. The lowest BCUT2D eigenvalue weighted by Gasteiger charge is -2.35. The second kappa shape index (κ2) is 9.26. The molecule has 1 fully saturated rings. The van der Waals surface area contributed by atoms with E-state index in [-0.39, 0.29) is 23.9 Å². The minimum absolute atomic E-state index is 0.00591. The van der Waals surface area contributed by atoms with E-state index in [0.29, 0.717) is 63.3 Å². The minimum Gasteiger partial charge on any atom is -0.481 e. The fraction of sp³-hybridized carbons (Fsp3) is 0.444. The van der Waals surface area contributed by atoms with Gasteiger partial charge in [0.1, 0.15) is 11.5 Å². The number of pyridine rings is 1. The normalized spacial score (nSPS) is 22.0. The van der Waals surface area contributed by atoms with Crippen LogP contribution in [0.5, 0.6) is 0 Å². The van der Waals surface area contributed by atoms with Crippen molar-refractivity contribution >= 4 is 22.9 Å². The van der Waals surface area contributed by atoms with E-state index in [0.717, 1.165) is 22.7 Å². The molecule has 0 atom stereocenters. The van der Waals surface area contributed by atoms with Crippen molar-refractivity contribution in [2.45, 2.75) is 58.5 Å². The molecule has 1 aromatic carbocycles. The van der Waals surface area contributed by atoms with Crippen LogP contribution in [0, 0.1) is 28.8 Å². The average Bonchev–Trinajstić information content (AvgIpc) is 3.17. The fourth-order valence-corrected chi connectivity index (χ4v) is 5.61. The maximum Gasteiger partial charge on any atom is 0.309 e. The molecular formula is C27H28F3N3O3. The van der Waals surface area contributed by atoms with Gasteiger partial charge in [0.2, 0.25) is 5.91 Å². The predicted octanol–water partition coefficient (Wildman–Crippen LogP) is 5.06. The third kappa shape index (κ3) is 4.35. The van der Waals surface area contributed by atoms with Crippen molar-refractivity contribution in [3.8, 4) is 0 Å². The van der Waals surface area contributed by atoms with Gasteiger partial charge < -0.3 is 14.6 Å². The van der Waals surface area contributed by atoms with Crippen molar-refractivity contribution in [1.82, 2.24) is 14.5 Å². The number of benzene rings is 1. The summed E-state index contributed by atoms with van der Waals surface area (Å²) >= 11 is 0. The Hall–Kier alpha value is -3.36. The minimum atomic E-state index is -1.24. The highest BCUT2D eigenvalue weighted by Gasteiger charge is 2.38. The van der Waals surface area contributed by atoms with E-state index in [1.807, 2.05) is 12.1 Å². The maximum atomic E-state index is 14.5. The summed E-state index contributed by atoms with van der Waals surface area (Å²) in [6.45, 7) is 2.58. The molecule has 2 aromatic heterocycles. The van der Waals surface area contributed by atoms with Crippen LogP contribution in [-0.2, 0) is 29.1 Å². The Bertz CT molecular complexity index is 1350. The van der Waals surface area contributed by atoms with Gasteiger partial charge in [-0.25, -0.2) is 18.2 Å². The molecule has 1 amide bonds. The summed E-state index contributed by atoms with van der Waals surface area (Å²) < 4.78 is 43.6. The van der Waals surface area contributed by atoms with E-state index in [1.54, 1.807) is 22.6 Å². The van der Waals surface area contributed by atoms with Crippen LogP contribution in [-0.4, -0.2) is 38.0 Å². The Labute approximate surface area is 206 Å². The van der Waals surface area contributed by atoms with Gasteiger partial charge in [0, 0.05) is 41.9 Å². The Morgan fingerprint density at radius 2 is 1.86 bits per heavy atom. The zero-order valence-electron chi connectivity index (χ0n) is 20.1. The first-order valence-electron chi connectivity index (χ1n) is 12.3. The van der Waals surface area contributed by atoms with E-state index >= 15 is 0 Å². The third-order valence-corrected chi connectivity index (χ3v) is 7.97. The van der Waals surface area contributed by atoms with Crippen LogP contribution in [0.25, 0.3) is 11.0 Å². The summed E-state index contributed by atoms with van der Waals surface area (Å²) in [5, 5.41) is 10.4. The number of aromatic nitrogens is 2. The summed E-state index contributed by atoms with van der Waals surface area (Å²) in [7, 11) is 0. The van der Waals surface area contributed by atoms with Gasteiger partial charge in [0.05, 0.1) is 18.5 Å². The van der Waals surface area contributed by atoms with Crippen LogP contribution in [0.3, 0.4) is 0 Å². The zero-order valence-corrected chi connectivity index (χ0v) is 20.1. The molecule has 1 N–H and O–H groups in total. The number of carboxylic acids is 1. The van der Waals surface area contributed by atoms with Crippen molar-refractivity contribution in [1.29, 1.82) is 0 Å². The largest absolute Gasteiger partial charge is 0.481 e. The topological polar surface area (TPSA) is 75.4 Å². The lowest BCUT2D eigenvalue weighted by Crippen LogP contribution is -2.39. The number of amides is 1. The standard InChI is InChI=1S/C27H28F3N3O3/c1-27(26(35)36)7-4-16(5-8-27)11-24(34)32-10-6-18-19-3-2-9-31-25(19)33(23(18)15-32)14-17-12-21(29)22(30)13-20(17)28/h2-3,9,12-13,16H,4-8,10-11,14-15H2,1H3,(H,35,36). The molecule has 1 saturated carbocycles. The van der Waals surface area contributed by atoms with E-state index in [2.05, 4.69) is 4.98 Å². The number of nitrogens with zero attached hydrogens (tertiary/aromatic N) is 3. The van der Waals surface area contributed by atoms with Crippen molar-refractivity contribution in [2.75, 3.05) is 6.54 Å². The SMILES string of the molecule is CC1(C(=O)O)CCC(CC(=O)N2CCc3c(n(Cc4cc(F)c(F)cc4F)c4ncccc34)C2)CC1. The number of hydrogen-bond donors (Lipinski definition) is 1. The van der Waals surface area contributed by atoms with Gasteiger partial charge in [-0.15, -0.1) is 0 Å². The van der Waals surface area contributed by atoms with Crippen LogP contribution in [0.4, 0.5) is 13.2 Å². The van der Waals surface area contributed by atoms with E-state index < -0.39 is 28.8 Å². The van der Waals surface area contributed by atoms with Crippen LogP contribution in [0.15, 0.2) is 30.5 Å². The van der Waals surface area contributed by atoms with Crippen molar-refractivity contribution in [3.63, 3.8) is 0 Å². The molecule has 1 aliphatic heterocycles.